The van der Waals surface area contributed by atoms with Crippen LogP contribution in [0.2, 0.25) is 0 Å². The topological polar surface area (TPSA) is 38.7 Å². The SMILES string of the molecule is FC(F)(F)c1ccc(-c2cc(C(F)(F)F)nc(-c3cccc(Br)n3)n2)cc1. The highest BCUT2D eigenvalue weighted by Crippen LogP contribution is 2.34. The molecule has 140 valence electrons. The predicted octanol–water partition coefficient (Wildman–Crippen LogP) is 6.01. The van der Waals surface area contributed by atoms with Crippen molar-refractivity contribution in [2.75, 3.05) is 0 Å². The fourth-order valence-corrected chi connectivity index (χ4v) is 2.56. The number of alkyl halides is 6. The van der Waals surface area contributed by atoms with Gasteiger partial charge in [-0.3, -0.25) is 0 Å². The lowest BCUT2D eigenvalue weighted by Crippen LogP contribution is -2.10. The third kappa shape index (κ3) is 4.44. The smallest absolute Gasteiger partial charge is 0.238 e. The Morgan fingerprint density at radius 2 is 1.37 bits per heavy atom. The van der Waals surface area contributed by atoms with Gasteiger partial charge in [0.25, 0.3) is 0 Å². The molecule has 0 saturated heterocycles. The molecule has 3 nitrogen and oxygen atoms in total. The zero-order chi connectivity index (χ0) is 19.8. The Hall–Kier alpha value is -2.49. The van der Waals surface area contributed by atoms with Crippen LogP contribution in [0.25, 0.3) is 22.8 Å². The summed E-state index contributed by atoms with van der Waals surface area (Å²) in [6, 6.07) is 8.92. The predicted molar refractivity (Wildman–Crippen MR) is 88.4 cm³/mol. The molecular formula is C17H8BrF6N3. The largest absolute Gasteiger partial charge is 0.433 e. The summed E-state index contributed by atoms with van der Waals surface area (Å²) in [6.07, 6.45) is -9.31. The summed E-state index contributed by atoms with van der Waals surface area (Å²) in [6.45, 7) is 0. The molecule has 0 spiro atoms. The van der Waals surface area contributed by atoms with Crippen molar-refractivity contribution in [3.8, 4) is 22.8 Å². The Labute approximate surface area is 157 Å². The van der Waals surface area contributed by atoms with Gasteiger partial charge < -0.3 is 0 Å². The van der Waals surface area contributed by atoms with E-state index in [0.717, 1.165) is 24.3 Å². The van der Waals surface area contributed by atoms with Gasteiger partial charge in [0.15, 0.2) is 5.82 Å². The quantitative estimate of drug-likeness (QED) is 0.356. The average molecular weight is 448 g/mol. The summed E-state index contributed by atoms with van der Waals surface area (Å²) in [5.41, 5.74) is -2.12. The van der Waals surface area contributed by atoms with Gasteiger partial charge in [0, 0.05) is 5.56 Å². The van der Waals surface area contributed by atoms with Crippen molar-refractivity contribution in [2.45, 2.75) is 12.4 Å². The maximum absolute atomic E-state index is 13.2. The third-order valence-electron chi connectivity index (χ3n) is 3.47. The summed E-state index contributed by atoms with van der Waals surface area (Å²) in [5, 5.41) is 0. The Bertz CT molecular complexity index is 968. The number of hydrogen-bond donors (Lipinski definition) is 0. The van der Waals surface area contributed by atoms with Crippen LogP contribution in [0.4, 0.5) is 26.3 Å². The van der Waals surface area contributed by atoms with Gasteiger partial charge in [0.2, 0.25) is 0 Å². The zero-order valence-corrected chi connectivity index (χ0v) is 14.7. The van der Waals surface area contributed by atoms with Gasteiger partial charge in [-0.2, -0.15) is 26.3 Å². The van der Waals surface area contributed by atoms with Gasteiger partial charge in [-0.15, -0.1) is 0 Å². The van der Waals surface area contributed by atoms with E-state index >= 15 is 0 Å². The van der Waals surface area contributed by atoms with Crippen LogP contribution in [-0.2, 0) is 12.4 Å². The van der Waals surface area contributed by atoms with E-state index in [0.29, 0.717) is 10.7 Å². The summed E-state index contributed by atoms with van der Waals surface area (Å²) >= 11 is 3.11. The molecule has 3 aromatic rings. The Kier molecular flexibility index (Phi) is 4.94. The highest BCUT2D eigenvalue weighted by atomic mass is 79.9. The molecule has 0 radical (unpaired) electrons. The molecule has 0 aliphatic heterocycles. The second-order valence-corrected chi connectivity index (χ2v) is 6.19. The molecule has 1 aromatic carbocycles. The van der Waals surface area contributed by atoms with Crippen LogP contribution >= 0.6 is 15.9 Å². The minimum Gasteiger partial charge on any atom is -0.238 e. The van der Waals surface area contributed by atoms with E-state index in [1.165, 1.54) is 6.07 Å². The first-order valence-corrected chi connectivity index (χ1v) is 8.10. The Morgan fingerprint density at radius 3 is 1.93 bits per heavy atom. The summed E-state index contributed by atoms with van der Waals surface area (Å²) in [4.78, 5) is 11.6. The summed E-state index contributed by atoms with van der Waals surface area (Å²) in [7, 11) is 0. The molecule has 0 fully saturated rings. The lowest BCUT2D eigenvalue weighted by atomic mass is 10.1. The Morgan fingerprint density at radius 1 is 0.704 bits per heavy atom. The van der Waals surface area contributed by atoms with Crippen molar-refractivity contribution in [3.05, 3.63) is 64.4 Å². The highest BCUT2D eigenvalue weighted by Gasteiger charge is 2.34. The fraction of sp³-hybridized carbons (Fsp3) is 0.118. The van der Waals surface area contributed by atoms with E-state index in [2.05, 4.69) is 30.9 Å². The molecule has 0 N–H and O–H groups in total. The minimum absolute atomic E-state index is 0.0867. The van der Waals surface area contributed by atoms with Gasteiger partial charge in [0.1, 0.15) is 16.0 Å². The van der Waals surface area contributed by atoms with Crippen molar-refractivity contribution < 1.29 is 26.3 Å². The lowest BCUT2D eigenvalue weighted by Gasteiger charge is -2.11. The van der Waals surface area contributed by atoms with Crippen LogP contribution in [0.1, 0.15) is 11.3 Å². The van der Waals surface area contributed by atoms with E-state index in [4.69, 9.17) is 0 Å². The van der Waals surface area contributed by atoms with Gasteiger partial charge >= 0.3 is 12.4 Å². The maximum atomic E-state index is 13.2. The average Bonchev–Trinajstić information content (AvgIpc) is 2.60. The minimum atomic E-state index is -4.76. The second kappa shape index (κ2) is 6.91. The lowest BCUT2D eigenvalue weighted by molar-refractivity contribution is -0.141. The summed E-state index contributed by atoms with van der Waals surface area (Å²) in [5.74, 6) is -0.291. The Balaban J connectivity index is 2.13. The van der Waals surface area contributed by atoms with Crippen LogP contribution in [0.15, 0.2) is 53.1 Å². The molecule has 0 saturated carbocycles. The zero-order valence-electron chi connectivity index (χ0n) is 13.1. The number of aromatic nitrogens is 3. The molecular weight excluding hydrogens is 440 g/mol. The molecule has 0 bridgehead atoms. The second-order valence-electron chi connectivity index (χ2n) is 5.38. The summed E-state index contributed by atoms with van der Waals surface area (Å²) < 4.78 is 78.0. The molecule has 27 heavy (non-hydrogen) atoms. The molecule has 2 aromatic heterocycles. The third-order valence-corrected chi connectivity index (χ3v) is 3.91. The van der Waals surface area contributed by atoms with Gasteiger partial charge in [-0.05, 0) is 46.3 Å². The van der Waals surface area contributed by atoms with Crippen LogP contribution < -0.4 is 0 Å². The number of nitrogens with zero attached hydrogens (tertiary/aromatic N) is 3. The first-order valence-electron chi connectivity index (χ1n) is 7.31. The van der Waals surface area contributed by atoms with Gasteiger partial charge in [0.05, 0.1) is 11.3 Å². The first kappa shape index (κ1) is 19.3. The number of pyridine rings is 1. The van der Waals surface area contributed by atoms with Crippen molar-refractivity contribution in [3.63, 3.8) is 0 Å². The standard InChI is InChI=1S/C17H8BrF6N3/c18-14-3-1-2-11(25-14)15-26-12(8-13(27-15)17(22,23)24)9-4-6-10(7-5-9)16(19,20)21/h1-8H. The van der Waals surface area contributed by atoms with Crippen LogP contribution in [0.5, 0.6) is 0 Å². The molecule has 0 aliphatic carbocycles. The van der Waals surface area contributed by atoms with Crippen molar-refractivity contribution in [1.29, 1.82) is 0 Å². The van der Waals surface area contributed by atoms with Crippen LogP contribution in [0, 0.1) is 0 Å². The molecule has 2 heterocycles. The number of halogens is 7. The molecule has 10 heteroatoms. The van der Waals surface area contributed by atoms with E-state index in [9.17, 15) is 26.3 Å². The maximum Gasteiger partial charge on any atom is 0.433 e. The number of hydrogen-bond acceptors (Lipinski definition) is 3. The first-order chi connectivity index (χ1) is 12.5. The van der Waals surface area contributed by atoms with Crippen LogP contribution in [0.3, 0.4) is 0 Å². The molecule has 3 rings (SSSR count). The monoisotopic (exact) mass is 447 g/mol. The molecule has 0 amide bonds. The van der Waals surface area contributed by atoms with E-state index < -0.39 is 23.6 Å². The van der Waals surface area contributed by atoms with E-state index in [-0.39, 0.29) is 22.8 Å². The van der Waals surface area contributed by atoms with Crippen LogP contribution in [-0.4, -0.2) is 15.0 Å². The van der Waals surface area contributed by atoms with Gasteiger partial charge in [-0.25, -0.2) is 15.0 Å². The van der Waals surface area contributed by atoms with E-state index in [1.807, 2.05) is 0 Å². The molecule has 0 aliphatic rings. The van der Waals surface area contributed by atoms with Crippen molar-refractivity contribution in [1.82, 2.24) is 15.0 Å². The van der Waals surface area contributed by atoms with Gasteiger partial charge in [-0.1, -0.05) is 18.2 Å². The number of benzene rings is 1. The number of rotatable bonds is 2. The molecule has 0 unspecified atom stereocenters. The highest BCUT2D eigenvalue weighted by molar-refractivity contribution is 9.10. The normalized spacial score (nSPS) is 12.3. The van der Waals surface area contributed by atoms with Crippen molar-refractivity contribution >= 4 is 15.9 Å². The van der Waals surface area contributed by atoms with E-state index in [1.54, 1.807) is 12.1 Å². The fourth-order valence-electron chi connectivity index (χ4n) is 2.22. The molecule has 0 atom stereocenters. The van der Waals surface area contributed by atoms with Crippen molar-refractivity contribution in [2.24, 2.45) is 0 Å².